The Morgan fingerprint density at radius 3 is 2.80 bits per heavy atom. The maximum absolute atomic E-state index is 12.5. The van der Waals surface area contributed by atoms with Crippen molar-refractivity contribution >= 4 is 17.4 Å². The number of aromatic nitrogens is 3. The van der Waals surface area contributed by atoms with Gasteiger partial charge in [-0.3, -0.25) is 9.20 Å². The lowest BCUT2D eigenvalue weighted by Crippen LogP contribution is -2.26. The van der Waals surface area contributed by atoms with E-state index in [4.69, 9.17) is 0 Å². The number of rotatable bonds is 6. The predicted molar refractivity (Wildman–Crippen MR) is 120 cm³/mol. The van der Waals surface area contributed by atoms with Crippen molar-refractivity contribution in [3.63, 3.8) is 0 Å². The number of fused-ring (bicyclic) bond motifs is 1. The summed E-state index contributed by atoms with van der Waals surface area (Å²) in [7, 11) is 0. The van der Waals surface area contributed by atoms with E-state index in [2.05, 4.69) is 46.3 Å². The van der Waals surface area contributed by atoms with Crippen LogP contribution in [0.4, 0.5) is 5.82 Å². The zero-order chi connectivity index (χ0) is 21.3. The number of imidazole rings is 1. The largest absolute Gasteiger partial charge is 0.367 e. The first-order chi connectivity index (χ1) is 14.5. The van der Waals surface area contributed by atoms with Crippen molar-refractivity contribution in [1.82, 2.24) is 19.7 Å². The van der Waals surface area contributed by atoms with Crippen LogP contribution in [0, 0.1) is 24.7 Å². The number of hydrogen-bond acceptors (Lipinski definition) is 4. The number of hydrogen-bond donors (Lipinski definition) is 2. The van der Waals surface area contributed by atoms with Gasteiger partial charge in [0.05, 0.1) is 11.9 Å². The Morgan fingerprint density at radius 2 is 2.13 bits per heavy atom. The molecule has 1 aliphatic carbocycles. The fourth-order valence-electron chi connectivity index (χ4n) is 3.38. The Hall–Kier alpha value is -3.33. The molecule has 30 heavy (non-hydrogen) atoms. The summed E-state index contributed by atoms with van der Waals surface area (Å²) in [4.78, 5) is 21.7. The van der Waals surface area contributed by atoms with E-state index in [1.807, 2.05) is 41.9 Å². The second-order valence-corrected chi connectivity index (χ2v) is 8.24. The SMILES string of the molecule is CC#Cc1cn2c(-c3ccc(C(=O)NC4CC4)c(C)c3)cnc2c(NCC(C)C)n1. The molecule has 1 amide bonds. The molecule has 0 radical (unpaired) electrons. The molecule has 6 heteroatoms. The number of amides is 1. The summed E-state index contributed by atoms with van der Waals surface area (Å²) in [6, 6.07) is 6.26. The molecule has 1 saturated carbocycles. The molecule has 0 aliphatic heterocycles. The van der Waals surface area contributed by atoms with Gasteiger partial charge in [-0.05, 0) is 56.2 Å². The van der Waals surface area contributed by atoms with Crippen LogP contribution in [-0.4, -0.2) is 32.9 Å². The molecule has 0 unspecified atom stereocenters. The zero-order valence-electron chi connectivity index (χ0n) is 17.9. The molecular formula is C24H27N5O. The van der Waals surface area contributed by atoms with Crippen LogP contribution in [0.2, 0.25) is 0 Å². The molecule has 0 spiro atoms. The molecule has 0 saturated heterocycles. The standard InChI is InChI=1S/C24H27N5O/c1-5-6-19-14-29-21(13-26-23(29)22(27-19)25-12-15(2)3)17-7-10-20(16(4)11-17)24(30)28-18-8-9-18/h7,10-11,13-15,18H,8-9,12H2,1-4H3,(H,25,27)(H,28,30). The van der Waals surface area contributed by atoms with Gasteiger partial charge in [0.15, 0.2) is 11.5 Å². The van der Waals surface area contributed by atoms with Crippen LogP contribution in [0.1, 0.15) is 55.2 Å². The summed E-state index contributed by atoms with van der Waals surface area (Å²) in [5, 5.41) is 6.45. The van der Waals surface area contributed by atoms with E-state index in [9.17, 15) is 4.79 Å². The lowest BCUT2D eigenvalue weighted by Gasteiger charge is -2.12. The maximum Gasteiger partial charge on any atom is 0.251 e. The van der Waals surface area contributed by atoms with Gasteiger partial charge in [-0.2, -0.15) is 0 Å². The molecular weight excluding hydrogens is 374 g/mol. The highest BCUT2D eigenvalue weighted by Gasteiger charge is 2.24. The highest BCUT2D eigenvalue weighted by Crippen LogP contribution is 2.27. The molecule has 154 valence electrons. The smallest absolute Gasteiger partial charge is 0.251 e. The van der Waals surface area contributed by atoms with Crippen molar-refractivity contribution in [2.45, 2.75) is 46.6 Å². The second-order valence-electron chi connectivity index (χ2n) is 8.24. The lowest BCUT2D eigenvalue weighted by atomic mass is 10.0. The minimum atomic E-state index is 0.00423. The summed E-state index contributed by atoms with van der Waals surface area (Å²) >= 11 is 0. The Balaban J connectivity index is 1.73. The van der Waals surface area contributed by atoms with Crippen molar-refractivity contribution in [3.05, 3.63) is 47.4 Å². The zero-order valence-corrected chi connectivity index (χ0v) is 17.9. The highest BCUT2D eigenvalue weighted by molar-refractivity contribution is 5.96. The highest BCUT2D eigenvalue weighted by atomic mass is 16.1. The number of benzene rings is 1. The van der Waals surface area contributed by atoms with E-state index in [0.717, 1.165) is 53.2 Å². The van der Waals surface area contributed by atoms with E-state index >= 15 is 0 Å². The van der Waals surface area contributed by atoms with E-state index in [1.54, 1.807) is 6.92 Å². The van der Waals surface area contributed by atoms with Gasteiger partial charge >= 0.3 is 0 Å². The molecule has 0 bridgehead atoms. The van der Waals surface area contributed by atoms with E-state index in [0.29, 0.717) is 17.7 Å². The molecule has 1 aliphatic rings. The van der Waals surface area contributed by atoms with Gasteiger partial charge in [0.25, 0.3) is 5.91 Å². The fourth-order valence-corrected chi connectivity index (χ4v) is 3.38. The molecule has 3 aromatic rings. The third kappa shape index (κ3) is 4.16. The van der Waals surface area contributed by atoms with Crippen molar-refractivity contribution < 1.29 is 4.79 Å². The van der Waals surface area contributed by atoms with Gasteiger partial charge in [0.1, 0.15) is 5.69 Å². The first kappa shape index (κ1) is 20.0. The van der Waals surface area contributed by atoms with Gasteiger partial charge in [0.2, 0.25) is 0 Å². The lowest BCUT2D eigenvalue weighted by molar-refractivity contribution is 0.0950. The number of anilines is 1. The van der Waals surface area contributed by atoms with E-state index in [1.165, 1.54) is 0 Å². The number of aryl methyl sites for hydroxylation is 1. The van der Waals surface area contributed by atoms with Crippen LogP contribution in [0.15, 0.2) is 30.6 Å². The number of nitrogens with one attached hydrogen (secondary N) is 2. The van der Waals surface area contributed by atoms with Crippen molar-refractivity contribution in [1.29, 1.82) is 0 Å². The molecule has 0 atom stereocenters. The van der Waals surface area contributed by atoms with E-state index < -0.39 is 0 Å². The van der Waals surface area contributed by atoms with Crippen LogP contribution in [0.5, 0.6) is 0 Å². The van der Waals surface area contributed by atoms with Crippen LogP contribution < -0.4 is 10.6 Å². The third-order valence-corrected chi connectivity index (χ3v) is 5.10. The normalized spacial score (nSPS) is 13.2. The van der Waals surface area contributed by atoms with Crippen LogP contribution >= 0.6 is 0 Å². The average molecular weight is 402 g/mol. The topological polar surface area (TPSA) is 71.3 Å². The molecule has 2 N–H and O–H groups in total. The summed E-state index contributed by atoms with van der Waals surface area (Å²) in [6.45, 7) is 8.88. The first-order valence-corrected chi connectivity index (χ1v) is 10.4. The Kier molecular flexibility index (Phi) is 5.45. The third-order valence-electron chi connectivity index (χ3n) is 5.10. The summed E-state index contributed by atoms with van der Waals surface area (Å²) in [5.41, 5.74) is 5.06. The minimum absolute atomic E-state index is 0.00423. The fraction of sp³-hybridized carbons (Fsp3) is 0.375. The molecule has 2 aromatic heterocycles. The molecule has 1 fully saturated rings. The van der Waals surface area contributed by atoms with Gasteiger partial charge in [0, 0.05) is 29.9 Å². The first-order valence-electron chi connectivity index (χ1n) is 10.4. The van der Waals surface area contributed by atoms with Crippen molar-refractivity contribution in [2.75, 3.05) is 11.9 Å². The Morgan fingerprint density at radius 1 is 1.33 bits per heavy atom. The van der Waals surface area contributed by atoms with Crippen molar-refractivity contribution in [2.24, 2.45) is 5.92 Å². The number of carbonyl (C=O) groups is 1. The summed E-state index contributed by atoms with van der Waals surface area (Å²) in [5.74, 6) is 7.20. The molecule has 6 nitrogen and oxygen atoms in total. The van der Waals surface area contributed by atoms with Gasteiger partial charge in [-0.1, -0.05) is 25.8 Å². The van der Waals surface area contributed by atoms with Crippen LogP contribution in [0.25, 0.3) is 16.9 Å². The number of carbonyl (C=O) groups excluding carboxylic acids is 1. The molecule has 1 aromatic carbocycles. The minimum Gasteiger partial charge on any atom is -0.367 e. The Bertz CT molecular complexity index is 1160. The quantitative estimate of drug-likeness (QED) is 0.612. The van der Waals surface area contributed by atoms with E-state index in [-0.39, 0.29) is 5.91 Å². The van der Waals surface area contributed by atoms with Gasteiger partial charge < -0.3 is 10.6 Å². The van der Waals surface area contributed by atoms with Crippen LogP contribution in [0.3, 0.4) is 0 Å². The van der Waals surface area contributed by atoms with Crippen LogP contribution in [-0.2, 0) is 0 Å². The second kappa shape index (κ2) is 8.19. The number of nitrogens with zero attached hydrogens (tertiary/aromatic N) is 3. The maximum atomic E-state index is 12.5. The summed E-state index contributed by atoms with van der Waals surface area (Å²) in [6.07, 6.45) is 5.92. The van der Waals surface area contributed by atoms with Gasteiger partial charge in [-0.25, -0.2) is 9.97 Å². The van der Waals surface area contributed by atoms with Crippen molar-refractivity contribution in [3.8, 4) is 23.1 Å². The summed E-state index contributed by atoms with van der Waals surface area (Å²) < 4.78 is 2.02. The predicted octanol–water partition coefficient (Wildman–Crippen LogP) is 4.04. The molecule has 4 rings (SSSR count). The average Bonchev–Trinajstić information content (AvgIpc) is 3.41. The van der Waals surface area contributed by atoms with Gasteiger partial charge in [-0.15, -0.1) is 0 Å². The molecule has 2 heterocycles. The Labute approximate surface area is 177 Å². The monoisotopic (exact) mass is 401 g/mol.